The van der Waals surface area contributed by atoms with Crippen LogP contribution in [0.3, 0.4) is 0 Å². The predicted octanol–water partition coefficient (Wildman–Crippen LogP) is 2.21. The first kappa shape index (κ1) is 16.0. The molecule has 1 aromatic carbocycles. The van der Waals surface area contributed by atoms with Crippen LogP contribution in [0.1, 0.15) is 19.9 Å². The summed E-state index contributed by atoms with van der Waals surface area (Å²) < 4.78 is 52.3. The molecule has 0 radical (unpaired) electrons. The highest BCUT2D eigenvalue weighted by Gasteiger charge is 2.27. The Hall–Kier alpha value is -1.39. The summed E-state index contributed by atoms with van der Waals surface area (Å²) in [5.74, 6) is -2.02. The Kier molecular flexibility index (Phi) is 4.13. The average molecular weight is 381 g/mol. The lowest BCUT2D eigenvalue weighted by Gasteiger charge is -2.13. The van der Waals surface area contributed by atoms with E-state index in [-0.39, 0.29) is 10.3 Å². The first-order chi connectivity index (χ1) is 9.62. The second kappa shape index (κ2) is 5.43. The highest BCUT2D eigenvalue weighted by Crippen LogP contribution is 2.30. The zero-order valence-electron chi connectivity index (χ0n) is 11.0. The van der Waals surface area contributed by atoms with E-state index in [1.54, 1.807) is 13.8 Å². The van der Waals surface area contributed by atoms with Crippen LogP contribution in [0, 0.1) is 11.6 Å². The van der Waals surface area contributed by atoms with Crippen LogP contribution in [0.15, 0.2) is 21.8 Å². The van der Waals surface area contributed by atoms with Crippen LogP contribution in [-0.4, -0.2) is 23.2 Å². The van der Waals surface area contributed by atoms with Gasteiger partial charge < -0.3 is 0 Å². The maximum atomic E-state index is 14.0. The van der Waals surface area contributed by atoms with E-state index >= 15 is 0 Å². The van der Waals surface area contributed by atoms with E-state index in [0.717, 1.165) is 16.7 Å². The Bertz CT molecular complexity index is 782. The van der Waals surface area contributed by atoms with E-state index in [1.165, 1.54) is 0 Å². The van der Waals surface area contributed by atoms with Crippen LogP contribution in [0.5, 0.6) is 0 Å². The van der Waals surface area contributed by atoms with Gasteiger partial charge in [0.15, 0.2) is 5.82 Å². The molecule has 0 bridgehead atoms. The lowest BCUT2D eigenvalue weighted by Crippen LogP contribution is -2.20. The first-order valence-electron chi connectivity index (χ1n) is 5.75. The fraction of sp³-hybridized carbons (Fsp3) is 0.273. The standard InChI is InChI=1S/C11H11BrF2N4O2S/c1-5(2)18-10(16-17-11(18)21(15,19)20)9-7(13)3-6(12)4-8(9)14/h3-5H,1-2H3,(H2,15,19,20). The maximum Gasteiger partial charge on any atom is 0.273 e. The number of benzene rings is 1. The van der Waals surface area contributed by atoms with Crippen molar-refractivity contribution < 1.29 is 17.2 Å². The average Bonchev–Trinajstić information content (AvgIpc) is 2.71. The summed E-state index contributed by atoms with van der Waals surface area (Å²) in [5.41, 5.74) is -0.464. The molecule has 1 heterocycles. The van der Waals surface area contributed by atoms with Gasteiger partial charge in [-0.15, -0.1) is 10.2 Å². The maximum absolute atomic E-state index is 14.0. The minimum Gasteiger partial charge on any atom is -0.294 e. The first-order valence-corrected chi connectivity index (χ1v) is 8.09. The van der Waals surface area contributed by atoms with Gasteiger partial charge in [-0.25, -0.2) is 22.3 Å². The Balaban J connectivity index is 2.81. The van der Waals surface area contributed by atoms with Gasteiger partial charge in [0.2, 0.25) is 0 Å². The number of rotatable bonds is 3. The Morgan fingerprint density at radius 2 is 1.76 bits per heavy atom. The van der Waals surface area contributed by atoms with E-state index in [9.17, 15) is 17.2 Å². The van der Waals surface area contributed by atoms with Crippen molar-refractivity contribution in [1.82, 2.24) is 14.8 Å². The van der Waals surface area contributed by atoms with Crippen molar-refractivity contribution in [2.45, 2.75) is 25.0 Å². The van der Waals surface area contributed by atoms with Crippen molar-refractivity contribution in [2.75, 3.05) is 0 Å². The summed E-state index contributed by atoms with van der Waals surface area (Å²) in [5, 5.41) is 11.5. The predicted molar refractivity (Wildman–Crippen MR) is 74.8 cm³/mol. The number of hydrogen-bond donors (Lipinski definition) is 1. The van der Waals surface area contributed by atoms with Gasteiger partial charge in [-0.1, -0.05) is 15.9 Å². The third-order valence-electron chi connectivity index (χ3n) is 2.67. The van der Waals surface area contributed by atoms with Gasteiger partial charge in [-0.05, 0) is 26.0 Å². The molecule has 0 aliphatic rings. The lowest BCUT2D eigenvalue weighted by atomic mass is 10.1. The Labute approximate surface area is 128 Å². The van der Waals surface area contributed by atoms with Gasteiger partial charge in [-0.3, -0.25) is 4.57 Å². The smallest absolute Gasteiger partial charge is 0.273 e. The molecule has 2 N–H and O–H groups in total. The van der Waals surface area contributed by atoms with Gasteiger partial charge in [0, 0.05) is 10.5 Å². The summed E-state index contributed by atoms with van der Waals surface area (Å²) in [4.78, 5) is 0. The third kappa shape index (κ3) is 2.97. The Morgan fingerprint density at radius 3 is 2.19 bits per heavy atom. The number of hydrogen-bond acceptors (Lipinski definition) is 4. The lowest BCUT2D eigenvalue weighted by molar-refractivity contribution is 0.519. The summed E-state index contributed by atoms with van der Waals surface area (Å²) in [7, 11) is -4.16. The Morgan fingerprint density at radius 1 is 1.24 bits per heavy atom. The van der Waals surface area contributed by atoms with Gasteiger partial charge in [-0.2, -0.15) is 0 Å². The monoisotopic (exact) mass is 380 g/mol. The van der Waals surface area contributed by atoms with E-state index in [2.05, 4.69) is 26.1 Å². The minimum absolute atomic E-state index is 0.212. The second-order valence-corrected chi connectivity index (χ2v) is 6.93. The molecule has 6 nitrogen and oxygen atoms in total. The van der Waals surface area contributed by atoms with Crippen molar-refractivity contribution in [3.8, 4) is 11.4 Å². The van der Waals surface area contributed by atoms with Gasteiger partial charge in [0.1, 0.15) is 11.6 Å². The van der Waals surface area contributed by atoms with Crippen LogP contribution in [0.25, 0.3) is 11.4 Å². The summed E-state index contributed by atoms with van der Waals surface area (Å²) in [6, 6.07) is 1.63. The van der Waals surface area contributed by atoms with E-state index < -0.39 is 38.4 Å². The highest BCUT2D eigenvalue weighted by molar-refractivity contribution is 9.10. The van der Waals surface area contributed by atoms with Crippen molar-refractivity contribution in [3.05, 3.63) is 28.2 Å². The van der Waals surface area contributed by atoms with Crippen LogP contribution >= 0.6 is 15.9 Å². The minimum atomic E-state index is -4.16. The van der Waals surface area contributed by atoms with Crippen molar-refractivity contribution in [2.24, 2.45) is 5.14 Å². The quantitative estimate of drug-likeness (QED) is 0.883. The molecule has 0 aliphatic carbocycles. The molecular weight excluding hydrogens is 370 g/mol. The molecule has 2 rings (SSSR count). The SMILES string of the molecule is CC(C)n1c(-c2c(F)cc(Br)cc2F)nnc1S(N)(=O)=O. The van der Waals surface area contributed by atoms with Crippen molar-refractivity contribution in [3.63, 3.8) is 0 Å². The molecule has 10 heteroatoms. The number of halogens is 3. The molecule has 0 saturated carbocycles. The summed E-state index contributed by atoms with van der Waals surface area (Å²) in [6.45, 7) is 3.24. The zero-order valence-corrected chi connectivity index (χ0v) is 13.4. The number of nitrogens with two attached hydrogens (primary N) is 1. The molecule has 0 fully saturated rings. The fourth-order valence-electron chi connectivity index (χ4n) is 1.86. The van der Waals surface area contributed by atoms with Gasteiger partial charge >= 0.3 is 0 Å². The molecule has 0 atom stereocenters. The third-order valence-corrected chi connectivity index (χ3v) is 3.91. The van der Waals surface area contributed by atoms with Crippen LogP contribution in [0.4, 0.5) is 8.78 Å². The van der Waals surface area contributed by atoms with Crippen LogP contribution in [0.2, 0.25) is 0 Å². The molecule has 114 valence electrons. The number of nitrogens with zero attached hydrogens (tertiary/aromatic N) is 3. The summed E-state index contributed by atoms with van der Waals surface area (Å²) in [6.07, 6.45) is 0. The molecule has 0 unspecified atom stereocenters. The molecule has 0 amide bonds. The molecule has 21 heavy (non-hydrogen) atoms. The molecule has 0 spiro atoms. The zero-order chi connectivity index (χ0) is 15.9. The number of aromatic nitrogens is 3. The number of sulfonamides is 1. The fourth-order valence-corrected chi connectivity index (χ4v) is 2.99. The molecule has 1 aromatic heterocycles. The van der Waals surface area contributed by atoms with Crippen LogP contribution < -0.4 is 5.14 Å². The molecule has 0 saturated heterocycles. The van der Waals surface area contributed by atoms with Gasteiger partial charge in [0.05, 0.1) is 5.56 Å². The molecular formula is C11H11BrF2N4O2S. The van der Waals surface area contributed by atoms with Gasteiger partial charge in [0.25, 0.3) is 15.2 Å². The summed E-state index contributed by atoms with van der Waals surface area (Å²) >= 11 is 2.97. The largest absolute Gasteiger partial charge is 0.294 e. The van der Waals surface area contributed by atoms with E-state index in [1.807, 2.05) is 0 Å². The van der Waals surface area contributed by atoms with Crippen LogP contribution in [-0.2, 0) is 10.0 Å². The second-order valence-electron chi connectivity index (χ2n) is 4.56. The molecule has 0 aliphatic heterocycles. The normalized spacial score (nSPS) is 12.1. The van der Waals surface area contributed by atoms with E-state index in [0.29, 0.717) is 0 Å². The van der Waals surface area contributed by atoms with Crippen molar-refractivity contribution in [1.29, 1.82) is 0 Å². The highest BCUT2D eigenvalue weighted by atomic mass is 79.9. The molecule has 2 aromatic rings. The van der Waals surface area contributed by atoms with Crippen molar-refractivity contribution >= 4 is 26.0 Å². The topological polar surface area (TPSA) is 90.9 Å². The van der Waals surface area contributed by atoms with E-state index in [4.69, 9.17) is 5.14 Å². The number of primary sulfonamides is 1.